The molecule has 3 aromatic heterocycles. The van der Waals surface area contributed by atoms with E-state index in [-0.39, 0.29) is 29.4 Å². The largest absolute Gasteiger partial charge is 0.416 e. The molecule has 35 heavy (non-hydrogen) atoms. The molecule has 4 aromatic rings. The molecule has 1 atom stereocenters. The van der Waals surface area contributed by atoms with E-state index in [2.05, 4.69) is 20.2 Å². The third kappa shape index (κ3) is 5.26. The van der Waals surface area contributed by atoms with Crippen LogP contribution in [0.1, 0.15) is 16.2 Å². The van der Waals surface area contributed by atoms with Gasteiger partial charge in [-0.25, -0.2) is 19.1 Å². The lowest BCUT2D eigenvalue weighted by Crippen LogP contribution is -2.37. The molecule has 0 amide bonds. The Morgan fingerprint density at radius 1 is 1.14 bits per heavy atom. The van der Waals surface area contributed by atoms with Gasteiger partial charge in [0.15, 0.2) is 17.8 Å². The van der Waals surface area contributed by atoms with E-state index >= 15 is 0 Å². The second kappa shape index (κ2) is 9.60. The summed E-state index contributed by atoms with van der Waals surface area (Å²) in [6.07, 6.45) is -3.77. The van der Waals surface area contributed by atoms with Crippen LogP contribution in [0, 0.1) is 0 Å². The van der Waals surface area contributed by atoms with Crippen molar-refractivity contribution in [1.82, 2.24) is 34.1 Å². The van der Waals surface area contributed by atoms with E-state index in [0.29, 0.717) is 15.2 Å². The van der Waals surface area contributed by atoms with Crippen LogP contribution < -0.4 is 5.69 Å². The Morgan fingerprint density at radius 2 is 1.86 bits per heavy atom. The summed E-state index contributed by atoms with van der Waals surface area (Å²) < 4.78 is 41.8. The van der Waals surface area contributed by atoms with Gasteiger partial charge in [0.05, 0.1) is 24.0 Å². The van der Waals surface area contributed by atoms with Crippen LogP contribution >= 0.6 is 23.2 Å². The van der Waals surface area contributed by atoms with Crippen LogP contribution in [0.25, 0.3) is 17.1 Å². The van der Waals surface area contributed by atoms with Gasteiger partial charge in [-0.15, -0.1) is 10.2 Å². The number of benzene rings is 1. The number of alkyl halides is 3. The second-order valence-corrected chi connectivity index (χ2v) is 7.99. The molecule has 0 saturated carbocycles. The number of rotatable bonds is 7. The highest BCUT2D eigenvalue weighted by atomic mass is 35.5. The smallest absolute Gasteiger partial charge is 0.382 e. The van der Waals surface area contributed by atoms with E-state index in [1.165, 1.54) is 53.7 Å². The van der Waals surface area contributed by atoms with E-state index < -0.39 is 29.8 Å². The number of aromatic nitrogens is 7. The fourth-order valence-corrected chi connectivity index (χ4v) is 3.44. The molecule has 15 heteroatoms. The molecule has 0 aliphatic heterocycles. The van der Waals surface area contributed by atoms with Crippen molar-refractivity contribution in [2.75, 3.05) is 0 Å². The molecule has 0 radical (unpaired) electrons. The first-order valence-electron chi connectivity index (χ1n) is 9.77. The highest BCUT2D eigenvalue weighted by Crippen LogP contribution is 2.24. The van der Waals surface area contributed by atoms with Gasteiger partial charge in [-0.3, -0.25) is 14.3 Å². The summed E-state index contributed by atoms with van der Waals surface area (Å²) in [6, 6.07) is 7.31. The molecule has 10 nitrogen and oxygen atoms in total. The number of carbonyl (C=O) groups excluding carboxylic acids is 1. The quantitative estimate of drug-likeness (QED) is 0.366. The van der Waals surface area contributed by atoms with Crippen LogP contribution in [0.3, 0.4) is 0 Å². The lowest BCUT2D eigenvalue weighted by molar-refractivity contribution is -0.207. The van der Waals surface area contributed by atoms with Gasteiger partial charge in [0.1, 0.15) is 12.9 Å². The molecule has 0 fully saturated rings. The Bertz CT molecular complexity index is 1430. The number of aliphatic hydroxyl groups excluding tert-OH is 1. The average Bonchev–Trinajstić information content (AvgIpc) is 3.39. The first-order valence-corrected chi connectivity index (χ1v) is 10.5. The maximum Gasteiger partial charge on any atom is 0.416 e. The Hall–Kier alpha value is -3.55. The van der Waals surface area contributed by atoms with E-state index in [4.69, 9.17) is 23.2 Å². The van der Waals surface area contributed by atoms with E-state index in [1.54, 1.807) is 0 Å². The fraction of sp³-hybridized carbons (Fsp3) is 0.200. The van der Waals surface area contributed by atoms with Crippen LogP contribution in [-0.2, 0) is 13.1 Å². The summed E-state index contributed by atoms with van der Waals surface area (Å²) in [5.74, 6) is -0.0516. The fourth-order valence-electron chi connectivity index (χ4n) is 3.15. The van der Waals surface area contributed by atoms with Gasteiger partial charge in [-0.1, -0.05) is 11.6 Å². The molecular weight excluding hydrogens is 514 g/mol. The van der Waals surface area contributed by atoms with Gasteiger partial charge in [0.2, 0.25) is 0 Å². The van der Waals surface area contributed by atoms with Gasteiger partial charge < -0.3 is 5.11 Å². The van der Waals surface area contributed by atoms with Crippen molar-refractivity contribution >= 4 is 28.4 Å². The molecular formula is C20H14Cl2F3N7O3. The van der Waals surface area contributed by atoms with Gasteiger partial charge in [-0.05, 0) is 41.9 Å². The Balaban J connectivity index is 1.71. The lowest BCUT2D eigenvalue weighted by atomic mass is 10.2. The van der Waals surface area contributed by atoms with Crippen molar-refractivity contribution in [2.24, 2.45) is 0 Å². The third-order valence-electron chi connectivity index (χ3n) is 4.85. The van der Waals surface area contributed by atoms with Gasteiger partial charge in [-0.2, -0.15) is 13.2 Å². The van der Waals surface area contributed by atoms with Crippen molar-refractivity contribution < 1.29 is 23.1 Å². The summed E-state index contributed by atoms with van der Waals surface area (Å²) in [6.45, 7) is -1.38. The highest BCUT2D eigenvalue weighted by molar-refractivity contribution is 6.68. The summed E-state index contributed by atoms with van der Waals surface area (Å²) >= 11 is 11.5. The number of halogens is 5. The number of aliphatic hydroxyl groups is 1. The van der Waals surface area contributed by atoms with Gasteiger partial charge >= 0.3 is 11.9 Å². The average molecular weight is 528 g/mol. The Kier molecular flexibility index (Phi) is 6.74. The molecule has 3 heterocycles. The van der Waals surface area contributed by atoms with Gasteiger partial charge in [0.25, 0.3) is 5.24 Å². The summed E-state index contributed by atoms with van der Waals surface area (Å²) in [4.78, 5) is 32.6. The molecule has 1 unspecified atom stereocenters. The summed E-state index contributed by atoms with van der Waals surface area (Å²) in [7, 11) is 0. The third-order valence-corrected chi connectivity index (χ3v) is 5.30. The summed E-state index contributed by atoms with van der Waals surface area (Å²) in [5, 5.41) is 17.5. The number of pyridine rings is 1. The predicted molar refractivity (Wildman–Crippen MR) is 117 cm³/mol. The van der Waals surface area contributed by atoms with Crippen molar-refractivity contribution in [1.29, 1.82) is 0 Å². The van der Waals surface area contributed by atoms with E-state index in [0.717, 1.165) is 4.68 Å². The Labute approximate surface area is 204 Å². The zero-order valence-corrected chi connectivity index (χ0v) is 18.9. The molecule has 1 aromatic carbocycles. The van der Waals surface area contributed by atoms with Crippen LogP contribution in [0.15, 0.2) is 53.8 Å². The highest BCUT2D eigenvalue weighted by Gasteiger charge is 2.39. The molecule has 0 saturated heterocycles. The second-order valence-electron chi connectivity index (χ2n) is 7.21. The minimum Gasteiger partial charge on any atom is -0.382 e. The van der Waals surface area contributed by atoms with E-state index in [1.807, 2.05) is 0 Å². The van der Waals surface area contributed by atoms with Crippen LogP contribution in [0.5, 0.6) is 0 Å². The molecule has 0 bridgehead atoms. The van der Waals surface area contributed by atoms with Crippen LogP contribution in [0.4, 0.5) is 13.2 Å². The number of hydrogen-bond acceptors (Lipinski definition) is 7. The maximum absolute atomic E-state index is 13.0. The first kappa shape index (κ1) is 24.6. The number of nitrogens with zero attached hydrogens (tertiary/aromatic N) is 7. The van der Waals surface area contributed by atoms with Crippen molar-refractivity contribution in [3.63, 3.8) is 0 Å². The topological polar surface area (TPSA) is 121 Å². The zero-order valence-electron chi connectivity index (χ0n) is 17.4. The van der Waals surface area contributed by atoms with E-state index in [9.17, 15) is 27.9 Å². The molecule has 4 rings (SSSR count). The first-order chi connectivity index (χ1) is 16.5. The predicted octanol–water partition coefficient (Wildman–Crippen LogP) is 2.69. The molecule has 0 aliphatic rings. The normalized spacial score (nSPS) is 12.6. The minimum absolute atomic E-state index is 0.0626. The van der Waals surface area contributed by atoms with Crippen LogP contribution in [-0.4, -0.2) is 56.7 Å². The lowest BCUT2D eigenvalue weighted by Gasteiger charge is -2.15. The number of carbonyl (C=O) groups is 1. The van der Waals surface area contributed by atoms with Gasteiger partial charge in [0, 0.05) is 16.8 Å². The van der Waals surface area contributed by atoms with Crippen molar-refractivity contribution in [3.8, 4) is 17.1 Å². The molecule has 182 valence electrons. The standard InChI is InChI=1S/C20H14Cl2F3N7O3/c21-12-3-1-11(2-4-12)18-29-31(19(35)30(18)8-15(33)20(23,24)25)9-16-27-10-32(28-16)14-7-26-6-5-13(14)17(22)34/h1-7,10,15,33H,8-9H2. The Morgan fingerprint density at radius 3 is 2.51 bits per heavy atom. The van der Waals surface area contributed by atoms with Crippen molar-refractivity contribution in [2.45, 2.75) is 25.4 Å². The molecule has 0 aliphatic carbocycles. The number of hydrogen-bond donors (Lipinski definition) is 1. The summed E-state index contributed by atoms with van der Waals surface area (Å²) in [5.41, 5.74) is -0.267. The maximum atomic E-state index is 13.0. The van der Waals surface area contributed by atoms with Crippen molar-refractivity contribution in [3.05, 3.63) is 75.9 Å². The molecule has 1 N–H and O–H groups in total. The SMILES string of the molecule is O=C(Cl)c1ccncc1-n1cnc(Cn2nc(-c3ccc(Cl)cc3)n(CC(O)C(F)(F)F)c2=O)n1. The van der Waals surface area contributed by atoms with Crippen LogP contribution in [0.2, 0.25) is 5.02 Å². The zero-order chi connectivity index (χ0) is 25.3. The monoisotopic (exact) mass is 527 g/mol. The molecule has 0 spiro atoms. The minimum atomic E-state index is -4.94.